The topological polar surface area (TPSA) is 23.9 Å². The van der Waals surface area contributed by atoms with Gasteiger partial charge in [-0.3, -0.25) is 0 Å². The van der Waals surface area contributed by atoms with E-state index < -0.39 is 0 Å². The summed E-state index contributed by atoms with van der Waals surface area (Å²) in [5, 5.41) is 6.68. The predicted molar refractivity (Wildman–Crippen MR) is 48.7 cm³/mol. The number of hydrogen-bond donors (Lipinski definition) is 1. The lowest BCUT2D eigenvalue weighted by Gasteiger charge is -1.92. The number of hydrogen-bond acceptors (Lipinski definition) is 1. The zero-order valence-corrected chi connectivity index (χ0v) is 7.36. The molecule has 0 aliphatic heterocycles. The van der Waals surface area contributed by atoms with E-state index in [0.29, 0.717) is 0 Å². The van der Waals surface area contributed by atoms with Crippen molar-refractivity contribution in [3.8, 4) is 0 Å². The van der Waals surface area contributed by atoms with Crippen LogP contribution in [0.5, 0.6) is 0 Å². The van der Waals surface area contributed by atoms with E-state index in [-0.39, 0.29) is 0 Å². The van der Waals surface area contributed by atoms with E-state index in [4.69, 9.17) is 5.41 Å². The van der Waals surface area contributed by atoms with Crippen LogP contribution in [0.25, 0.3) is 0 Å². The first-order valence-corrected chi connectivity index (χ1v) is 3.51. The van der Waals surface area contributed by atoms with E-state index in [1.807, 2.05) is 27.7 Å². The molecule has 0 aliphatic rings. The van der Waals surface area contributed by atoms with Crippen LogP contribution in [0.1, 0.15) is 27.7 Å². The molecule has 0 fully saturated rings. The van der Waals surface area contributed by atoms with Crippen LogP contribution in [0.15, 0.2) is 23.8 Å². The maximum absolute atomic E-state index is 6.68. The first-order valence-electron chi connectivity index (χ1n) is 3.51. The lowest BCUT2D eigenvalue weighted by molar-refractivity contribution is 1.37. The molecule has 0 aromatic carbocycles. The molecule has 1 N–H and O–H groups in total. The van der Waals surface area contributed by atoms with Gasteiger partial charge in [-0.15, -0.1) is 0 Å². The van der Waals surface area contributed by atoms with Gasteiger partial charge in [-0.05, 0) is 25.5 Å². The van der Waals surface area contributed by atoms with Crippen LogP contribution in [-0.4, -0.2) is 6.21 Å². The fraction of sp³-hybridized carbons (Fsp3) is 0.444. The van der Waals surface area contributed by atoms with Gasteiger partial charge in [0.1, 0.15) is 0 Å². The minimum Gasteiger partial charge on any atom is -0.309 e. The molecule has 0 aromatic heterocycles. The highest BCUT2D eigenvalue weighted by Gasteiger charge is 1.83. The Balaban J connectivity index is 0. The van der Waals surface area contributed by atoms with Crippen molar-refractivity contribution in [1.82, 2.24) is 0 Å². The molecule has 0 amide bonds. The fourth-order valence-corrected chi connectivity index (χ4v) is 0.267. The molecular weight excluding hydrogens is 122 g/mol. The van der Waals surface area contributed by atoms with Crippen LogP contribution in [0, 0.1) is 5.41 Å². The molecule has 0 unspecified atom stereocenters. The Kier molecular flexibility index (Phi) is 9.69. The standard InChI is InChI=1S/C7H11N.C2H6/c1-6(2)7(3)4-5-8;1-2/h4-5,8H,1H2,2-3H3;1-2H3/b7-4-,8-5?;. The van der Waals surface area contributed by atoms with Gasteiger partial charge in [0.25, 0.3) is 0 Å². The van der Waals surface area contributed by atoms with Crippen molar-refractivity contribution in [2.24, 2.45) is 0 Å². The number of allylic oxidation sites excluding steroid dienone is 3. The van der Waals surface area contributed by atoms with E-state index in [0.717, 1.165) is 11.1 Å². The molecule has 10 heavy (non-hydrogen) atoms. The zero-order valence-electron chi connectivity index (χ0n) is 7.36. The van der Waals surface area contributed by atoms with Gasteiger partial charge < -0.3 is 5.41 Å². The van der Waals surface area contributed by atoms with Crippen molar-refractivity contribution in [3.63, 3.8) is 0 Å². The Bertz CT molecular complexity index is 132. The monoisotopic (exact) mass is 139 g/mol. The normalized spacial score (nSPS) is 9.40. The molecule has 0 spiro atoms. The summed E-state index contributed by atoms with van der Waals surface area (Å²) >= 11 is 0. The zero-order chi connectivity index (χ0) is 8.57. The van der Waals surface area contributed by atoms with Crippen molar-refractivity contribution in [3.05, 3.63) is 23.8 Å². The van der Waals surface area contributed by atoms with Crippen molar-refractivity contribution in [1.29, 1.82) is 5.41 Å². The van der Waals surface area contributed by atoms with Crippen molar-refractivity contribution in [2.75, 3.05) is 0 Å². The van der Waals surface area contributed by atoms with E-state index in [1.54, 1.807) is 6.08 Å². The van der Waals surface area contributed by atoms with Crippen molar-refractivity contribution < 1.29 is 0 Å². The molecule has 0 rings (SSSR count). The van der Waals surface area contributed by atoms with Gasteiger partial charge in [-0.25, -0.2) is 0 Å². The highest BCUT2D eigenvalue weighted by atomic mass is 14.3. The van der Waals surface area contributed by atoms with Crippen LogP contribution < -0.4 is 0 Å². The van der Waals surface area contributed by atoms with E-state index in [1.165, 1.54) is 6.21 Å². The average molecular weight is 139 g/mol. The Morgan fingerprint density at radius 3 is 1.80 bits per heavy atom. The Morgan fingerprint density at radius 1 is 1.30 bits per heavy atom. The Morgan fingerprint density at radius 2 is 1.70 bits per heavy atom. The minimum atomic E-state index is 1.02. The maximum atomic E-state index is 6.68. The van der Waals surface area contributed by atoms with Gasteiger partial charge in [-0.1, -0.05) is 26.0 Å². The van der Waals surface area contributed by atoms with E-state index in [2.05, 4.69) is 6.58 Å². The summed E-state index contributed by atoms with van der Waals surface area (Å²) in [6.45, 7) is 11.6. The van der Waals surface area contributed by atoms with Crippen LogP contribution in [0.4, 0.5) is 0 Å². The van der Waals surface area contributed by atoms with Gasteiger partial charge in [0.2, 0.25) is 0 Å². The quantitative estimate of drug-likeness (QED) is 0.449. The first kappa shape index (κ1) is 11.9. The molecule has 0 heterocycles. The molecule has 0 saturated heterocycles. The summed E-state index contributed by atoms with van der Waals surface area (Å²) < 4.78 is 0. The summed E-state index contributed by atoms with van der Waals surface area (Å²) in [6, 6.07) is 0. The SMILES string of the molecule is C=C(C)/C(C)=C\C=N.CC. The second-order valence-electron chi connectivity index (χ2n) is 1.80. The van der Waals surface area contributed by atoms with Crippen LogP contribution in [-0.2, 0) is 0 Å². The molecule has 0 aromatic rings. The second kappa shape index (κ2) is 8.15. The van der Waals surface area contributed by atoms with Crippen LogP contribution in [0.3, 0.4) is 0 Å². The van der Waals surface area contributed by atoms with E-state index >= 15 is 0 Å². The molecule has 1 nitrogen and oxygen atoms in total. The first-order chi connectivity index (χ1) is 4.68. The fourth-order valence-electron chi connectivity index (χ4n) is 0.267. The van der Waals surface area contributed by atoms with Crippen LogP contribution in [0.2, 0.25) is 0 Å². The lowest BCUT2D eigenvalue weighted by atomic mass is 10.1. The van der Waals surface area contributed by atoms with Crippen molar-refractivity contribution in [2.45, 2.75) is 27.7 Å². The molecule has 0 atom stereocenters. The highest BCUT2D eigenvalue weighted by Crippen LogP contribution is 2.01. The highest BCUT2D eigenvalue weighted by molar-refractivity contribution is 5.70. The average Bonchev–Trinajstić information content (AvgIpc) is 1.93. The number of rotatable bonds is 2. The number of nitrogens with one attached hydrogen (secondary N) is 1. The van der Waals surface area contributed by atoms with Gasteiger partial charge in [0.15, 0.2) is 0 Å². The molecule has 0 aliphatic carbocycles. The second-order valence-corrected chi connectivity index (χ2v) is 1.80. The minimum absolute atomic E-state index is 1.02. The van der Waals surface area contributed by atoms with Crippen molar-refractivity contribution >= 4 is 6.21 Å². The summed E-state index contributed by atoms with van der Waals surface area (Å²) in [5.41, 5.74) is 2.09. The van der Waals surface area contributed by atoms with E-state index in [9.17, 15) is 0 Å². The summed E-state index contributed by atoms with van der Waals surface area (Å²) in [7, 11) is 0. The van der Waals surface area contributed by atoms with Gasteiger partial charge in [0, 0.05) is 6.21 Å². The Hall–Kier alpha value is -0.850. The smallest absolute Gasteiger partial charge is 0.0180 e. The maximum Gasteiger partial charge on any atom is 0.0180 e. The van der Waals surface area contributed by atoms with Gasteiger partial charge in [0.05, 0.1) is 0 Å². The summed E-state index contributed by atoms with van der Waals surface area (Å²) in [4.78, 5) is 0. The largest absolute Gasteiger partial charge is 0.309 e. The van der Waals surface area contributed by atoms with Crippen LogP contribution >= 0.6 is 0 Å². The molecule has 0 radical (unpaired) electrons. The predicted octanol–water partition coefficient (Wildman–Crippen LogP) is 3.18. The third-order valence-electron chi connectivity index (χ3n) is 1.01. The molecule has 58 valence electrons. The third-order valence-corrected chi connectivity index (χ3v) is 1.01. The Labute approximate surface area is 64.0 Å². The molecular formula is C9H17N. The van der Waals surface area contributed by atoms with Gasteiger partial charge >= 0.3 is 0 Å². The molecule has 0 saturated carbocycles. The molecule has 0 bridgehead atoms. The summed E-state index contributed by atoms with van der Waals surface area (Å²) in [5.74, 6) is 0. The van der Waals surface area contributed by atoms with Gasteiger partial charge in [-0.2, -0.15) is 0 Å². The third kappa shape index (κ3) is 7.15. The molecule has 1 heteroatoms. The lowest BCUT2D eigenvalue weighted by Crippen LogP contribution is -1.74. The summed E-state index contributed by atoms with van der Waals surface area (Å²) in [6.07, 6.45) is 2.99.